The van der Waals surface area contributed by atoms with E-state index in [2.05, 4.69) is 0 Å². The first-order chi connectivity index (χ1) is 12.2. The van der Waals surface area contributed by atoms with Crippen LogP contribution in [-0.2, 0) is 10.0 Å². The Bertz CT molecular complexity index is 946. The Morgan fingerprint density at radius 2 is 1.73 bits per heavy atom. The van der Waals surface area contributed by atoms with Gasteiger partial charge in [-0.3, -0.25) is 0 Å². The van der Waals surface area contributed by atoms with Gasteiger partial charge < -0.3 is 14.4 Å². The van der Waals surface area contributed by atoms with Gasteiger partial charge in [0.25, 0.3) is 0 Å². The highest BCUT2D eigenvalue weighted by Crippen LogP contribution is 2.30. The number of sulfonamides is 1. The third-order valence-corrected chi connectivity index (χ3v) is 6.50. The zero-order chi connectivity index (χ0) is 19.1. The lowest BCUT2D eigenvalue weighted by molar-refractivity contribution is 0.0691. The minimum atomic E-state index is -4.02. The number of para-hydroxylation sites is 1. The summed E-state index contributed by atoms with van der Waals surface area (Å²) in [5.74, 6) is -1.60. The van der Waals surface area contributed by atoms with E-state index in [1.54, 1.807) is 23.1 Å². The average molecular weight is 382 g/mol. The van der Waals surface area contributed by atoms with Gasteiger partial charge in [0.15, 0.2) is 0 Å². The molecule has 0 bridgehead atoms. The Kier molecular flexibility index (Phi) is 4.76. The van der Waals surface area contributed by atoms with E-state index in [9.17, 15) is 22.7 Å². The van der Waals surface area contributed by atoms with Gasteiger partial charge in [0.1, 0.15) is 27.8 Å². The quantitative estimate of drug-likeness (QED) is 0.872. The van der Waals surface area contributed by atoms with Gasteiger partial charge >= 0.3 is 5.97 Å². The normalized spacial score (nSPS) is 16.0. The molecule has 1 fully saturated rings. The van der Waals surface area contributed by atoms with E-state index in [-0.39, 0.29) is 40.9 Å². The third-order valence-electron chi connectivity index (χ3n) is 4.45. The van der Waals surface area contributed by atoms with Crippen molar-refractivity contribution < 1.29 is 27.1 Å². The van der Waals surface area contributed by atoms with Gasteiger partial charge in [-0.1, -0.05) is 12.1 Å². The SMILES string of the molecule is Cc1oc(C)c(S(=O)(=O)N2CCN(c3ccccc3F)CC2)c1C(=O)O. The van der Waals surface area contributed by atoms with Crippen molar-refractivity contribution in [1.82, 2.24) is 4.31 Å². The van der Waals surface area contributed by atoms with Crippen LogP contribution in [0.2, 0.25) is 0 Å². The molecule has 26 heavy (non-hydrogen) atoms. The number of halogens is 1. The van der Waals surface area contributed by atoms with Gasteiger partial charge in [0.05, 0.1) is 5.69 Å². The largest absolute Gasteiger partial charge is 0.478 e. The summed E-state index contributed by atoms with van der Waals surface area (Å²) >= 11 is 0. The molecule has 0 atom stereocenters. The first-order valence-electron chi connectivity index (χ1n) is 8.06. The maximum atomic E-state index is 13.9. The van der Waals surface area contributed by atoms with E-state index >= 15 is 0 Å². The molecule has 1 aromatic carbocycles. The van der Waals surface area contributed by atoms with Crippen molar-refractivity contribution in [3.8, 4) is 0 Å². The number of hydrogen-bond acceptors (Lipinski definition) is 5. The van der Waals surface area contributed by atoms with Crippen LogP contribution in [0.3, 0.4) is 0 Å². The lowest BCUT2D eigenvalue weighted by Crippen LogP contribution is -2.49. The predicted octanol–water partition coefficient (Wildman–Crippen LogP) is 2.24. The van der Waals surface area contributed by atoms with Crippen LogP contribution in [0.15, 0.2) is 33.6 Å². The molecule has 0 amide bonds. The maximum Gasteiger partial charge on any atom is 0.340 e. The maximum absolute atomic E-state index is 13.9. The van der Waals surface area contributed by atoms with Crippen LogP contribution in [0, 0.1) is 19.7 Å². The molecule has 140 valence electrons. The fourth-order valence-electron chi connectivity index (χ4n) is 3.23. The summed E-state index contributed by atoms with van der Waals surface area (Å²) in [5.41, 5.74) is 0.0881. The molecule has 2 heterocycles. The van der Waals surface area contributed by atoms with Gasteiger partial charge in [0, 0.05) is 26.2 Å². The van der Waals surface area contributed by atoms with Gasteiger partial charge in [0.2, 0.25) is 10.0 Å². The monoisotopic (exact) mass is 382 g/mol. The fraction of sp³-hybridized carbons (Fsp3) is 0.353. The van der Waals surface area contributed by atoms with Crippen LogP contribution >= 0.6 is 0 Å². The van der Waals surface area contributed by atoms with Crippen molar-refractivity contribution in [2.45, 2.75) is 18.7 Å². The number of rotatable bonds is 4. The molecule has 3 rings (SSSR count). The molecule has 1 N–H and O–H groups in total. The number of furan rings is 1. The van der Waals surface area contributed by atoms with Gasteiger partial charge in [-0.05, 0) is 26.0 Å². The molecule has 1 aliphatic heterocycles. The van der Waals surface area contributed by atoms with Crippen molar-refractivity contribution in [3.05, 3.63) is 47.2 Å². The molecular weight excluding hydrogens is 363 g/mol. The first-order valence-corrected chi connectivity index (χ1v) is 9.50. The van der Waals surface area contributed by atoms with Crippen LogP contribution in [0.25, 0.3) is 0 Å². The zero-order valence-electron chi connectivity index (χ0n) is 14.4. The Morgan fingerprint density at radius 3 is 2.31 bits per heavy atom. The second kappa shape index (κ2) is 6.73. The molecule has 1 aliphatic rings. The third kappa shape index (κ3) is 3.08. The van der Waals surface area contributed by atoms with Crippen molar-refractivity contribution in [1.29, 1.82) is 0 Å². The molecule has 2 aromatic rings. The summed E-state index contributed by atoms with van der Waals surface area (Å²) in [6.07, 6.45) is 0. The number of aromatic carboxylic acids is 1. The van der Waals surface area contributed by atoms with Crippen LogP contribution < -0.4 is 4.90 Å². The summed E-state index contributed by atoms with van der Waals surface area (Å²) in [7, 11) is -4.02. The summed E-state index contributed by atoms with van der Waals surface area (Å²) in [5, 5.41) is 9.35. The molecule has 0 unspecified atom stereocenters. The lowest BCUT2D eigenvalue weighted by atomic mass is 10.2. The minimum absolute atomic E-state index is 0.0523. The molecule has 7 nitrogen and oxygen atoms in total. The Morgan fingerprint density at radius 1 is 1.12 bits per heavy atom. The number of carboxylic acid groups (broad SMARTS) is 1. The number of nitrogens with zero attached hydrogens (tertiary/aromatic N) is 2. The number of piperazine rings is 1. The van der Waals surface area contributed by atoms with Crippen LogP contribution in [0.1, 0.15) is 21.9 Å². The molecule has 0 radical (unpaired) electrons. The van der Waals surface area contributed by atoms with E-state index in [1.807, 2.05) is 0 Å². The van der Waals surface area contributed by atoms with Crippen molar-refractivity contribution in [3.63, 3.8) is 0 Å². The van der Waals surface area contributed by atoms with E-state index in [1.165, 1.54) is 24.2 Å². The van der Waals surface area contributed by atoms with Gasteiger partial charge in [-0.15, -0.1) is 0 Å². The van der Waals surface area contributed by atoms with E-state index in [0.717, 1.165) is 0 Å². The average Bonchev–Trinajstić information content (AvgIpc) is 2.90. The molecule has 9 heteroatoms. The molecule has 1 saturated heterocycles. The summed E-state index contributed by atoms with van der Waals surface area (Å²) < 4.78 is 46.3. The standard InChI is InChI=1S/C17H19FN2O5S/c1-11-15(17(21)22)16(12(2)25-11)26(23,24)20-9-7-19(8-10-20)14-6-4-3-5-13(14)18/h3-6H,7-10H2,1-2H3,(H,21,22). The second-order valence-corrected chi connectivity index (χ2v) is 7.94. The van der Waals surface area contributed by atoms with Gasteiger partial charge in [-0.2, -0.15) is 4.31 Å². The van der Waals surface area contributed by atoms with Crippen LogP contribution in [-0.4, -0.2) is 50.0 Å². The Hall–Kier alpha value is -2.39. The van der Waals surface area contributed by atoms with Crippen LogP contribution in [0.4, 0.5) is 10.1 Å². The van der Waals surface area contributed by atoms with E-state index < -0.39 is 16.0 Å². The number of hydrogen-bond donors (Lipinski definition) is 1. The zero-order valence-corrected chi connectivity index (χ0v) is 15.2. The summed E-state index contributed by atoms with van der Waals surface area (Å²) in [6, 6.07) is 6.32. The highest BCUT2D eigenvalue weighted by Gasteiger charge is 2.36. The van der Waals surface area contributed by atoms with E-state index in [4.69, 9.17) is 4.42 Å². The minimum Gasteiger partial charge on any atom is -0.478 e. The smallest absolute Gasteiger partial charge is 0.340 e. The van der Waals surface area contributed by atoms with E-state index in [0.29, 0.717) is 18.8 Å². The van der Waals surface area contributed by atoms with Gasteiger partial charge in [-0.25, -0.2) is 17.6 Å². The summed E-state index contributed by atoms with van der Waals surface area (Å²) in [6.45, 7) is 3.71. The molecule has 0 saturated carbocycles. The number of anilines is 1. The second-order valence-electron chi connectivity index (χ2n) is 6.07. The molecular formula is C17H19FN2O5S. The van der Waals surface area contributed by atoms with Crippen molar-refractivity contribution >= 4 is 21.7 Å². The number of carboxylic acids is 1. The Balaban J connectivity index is 1.86. The predicted molar refractivity (Wildman–Crippen MR) is 92.5 cm³/mol. The highest BCUT2D eigenvalue weighted by atomic mass is 32.2. The number of carbonyl (C=O) groups is 1. The Labute approximate surface area is 150 Å². The topological polar surface area (TPSA) is 91.1 Å². The van der Waals surface area contributed by atoms with Crippen molar-refractivity contribution in [2.24, 2.45) is 0 Å². The fourth-order valence-corrected chi connectivity index (χ4v) is 5.02. The van der Waals surface area contributed by atoms with Crippen molar-refractivity contribution in [2.75, 3.05) is 31.1 Å². The molecule has 0 aliphatic carbocycles. The molecule has 1 aromatic heterocycles. The first kappa shape index (κ1) is 18.4. The highest BCUT2D eigenvalue weighted by molar-refractivity contribution is 7.89. The molecule has 0 spiro atoms. The number of benzene rings is 1. The lowest BCUT2D eigenvalue weighted by Gasteiger charge is -2.35. The number of aryl methyl sites for hydroxylation is 2. The summed E-state index contributed by atoms with van der Waals surface area (Å²) in [4.78, 5) is 12.9. The van der Waals surface area contributed by atoms with Crippen LogP contribution in [0.5, 0.6) is 0 Å².